The van der Waals surface area contributed by atoms with Gasteiger partial charge >= 0.3 is 0 Å². The van der Waals surface area contributed by atoms with Crippen LogP contribution in [0.1, 0.15) is 16.8 Å². The van der Waals surface area contributed by atoms with Crippen molar-refractivity contribution in [1.82, 2.24) is 0 Å². The molecule has 0 aromatic heterocycles. The molecule has 4 nitrogen and oxygen atoms in total. The van der Waals surface area contributed by atoms with Crippen LogP contribution in [0.2, 0.25) is 5.02 Å². The first kappa shape index (κ1) is 11.4. The van der Waals surface area contributed by atoms with Crippen molar-refractivity contribution in [2.45, 2.75) is 6.42 Å². The predicted molar refractivity (Wildman–Crippen MR) is 62.6 cm³/mol. The molecule has 0 unspecified atom stereocenters. The Morgan fingerprint density at radius 3 is 2.69 bits per heavy atom. The first-order valence-corrected chi connectivity index (χ1v) is 6.92. The Labute approximate surface area is 98.9 Å². The molecule has 0 amide bonds. The zero-order chi connectivity index (χ0) is 11.9. The van der Waals surface area contributed by atoms with E-state index in [-0.39, 0.29) is 18.7 Å². The zero-order valence-electron chi connectivity index (χ0n) is 8.60. The molecule has 86 valence electrons. The summed E-state index contributed by atoms with van der Waals surface area (Å²) >= 11 is 5.78. The Hall–Kier alpha value is -1.07. The van der Waals surface area contributed by atoms with Crippen LogP contribution in [-0.2, 0) is 10.0 Å². The number of anilines is 1. The molecule has 16 heavy (non-hydrogen) atoms. The summed E-state index contributed by atoms with van der Waals surface area (Å²) in [6.45, 7) is 0.201. The molecule has 0 bridgehead atoms. The van der Waals surface area contributed by atoms with Crippen molar-refractivity contribution in [3.63, 3.8) is 0 Å². The molecule has 1 aliphatic heterocycles. The smallest absolute Gasteiger partial charge is 0.232 e. The van der Waals surface area contributed by atoms with Crippen molar-refractivity contribution in [2.24, 2.45) is 0 Å². The summed E-state index contributed by atoms with van der Waals surface area (Å²) in [6.07, 6.45) is 1.32. The van der Waals surface area contributed by atoms with E-state index in [1.54, 1.807) is 12.1 Å². The molecule has 0 saturated heterocycles. The van der Waals surface area contributed by atoms with Gasteiger partial charge in [0.2, 0.25) is 10.0 Å². The number of fused-ring (bicyclic) bond motifs is 1. The number of sulfonamides is 1. The molecule has 0 radical (unpaired) electrons. The first-order valence-electron chi connectivity index (χ1n) is 4.70. The molecule has 0 saturated carbocycles. The molecule has 1 aliphatic rings. The highest BCUT2D eigenvalue weighted by Gasteiger charge is 2.28. The second-order valence-corrected chi connectivity index (χ2v) is 6.01. The van der Waals surface area contributed by atoms with Crippen LogP contribution >= 0.6 is 11.6 Å². The van der Waals surface area contributed by atoms with Crippen LogP contribution in [0.25, 0.3) is 0 Å². The van der Waals surface area contributed by atoms with Crippen LogP contribution < -0.4 is 4.31 Å². The van der Waals surface area contributed by atoms with Gasteiger partial charge in [-0.3, -0.25) is 9.10 Å². The average molecular weight is 260 g/mol. The summed E-state index contributed by atoms with van der Waals surface area (Å²) in [5, 5.41) is 0.433. The lowest BCUT2D eigenvalue weighted by atomic mass is 10.0. The molecule has 1 aromatic rings. The summed E-state index contributed by atoms with van der Waals surface area (Å²) in [4.78, 5) is 11.6. The number of nitrogens with zero attached hydrogens (tertiary/aromatic N) is 1. The number of hydrogen-bond donors (Lipinski definition) is 0. The molecule has 0 N–H and O–H groups in total. The van der Waals surface area contributed by atoms with Crippen molar-refractivity contribution in [2.75, 3.05) is 17.1 Å². The van der Waals surface area contributed by atoms with Gasteiger partial charge < -0.3 is 0 Å². The third-order valence-electron chi connectivity index (χ3n) is 2.47. The fourth-order valence-corrected chi connectivity index (χ4v) is 2.86. The van der Waals surface area contributed by atoms with Crippen LogP contribution in [0, 0.1) is 0 Å². The Bertz CT molecular complexity index is 553. The van der Waals surface area contributed by atoms with Gasteiger partial charge in [0.1, 0.15) is 0 Å². The molecule has 1 heterocycles. The molecular formula is C10H10ClNO3S. The third kappa shape index (κ3) is 1.92. The number of carbonyl (C=O) groups excluding carboxylic acids is 1. The van der Waals surface area contributed by atoms with Gasteiger partial charge in [0.05, 0.1) is 11.9 Å². The van der Waals surface area contributed by atoms with Gasteiger partial charge in [-0.05, 0) is 18.2 Å². The first-order chi connectivity index (χ1) is 7.39. The zero-order valence-corrected chi connectivity index (χ0v) is 10.2. The number of hydrogen-bond acceptors (Lipinski definition) is 3. The van der Waals surface area contributed by atoms with E-state index in [0.717, 1.165) is 6.26 Å². The summed E-state index contributed by atoms with van der Waals surface area (Å²) < 4.78 is 24.3. The lowest BCUT2D eigenvalue weighted by Gasteiger charge is -2.28. The van der Waals surface area contributed by atoms with Gasteiger partial charge in [0.25, 0.3) is 0 Å². The van der Waals surface area contributed by atoms with Gasteiger partial charge in [-0.25, -0.2) is 8.42 Å². The minimum atomic E-state index is -3.34. The standard InChI is InChI=1S/C10H10ClNO3S/c1-16(14,15)12-5-4-10(13)8-6-7(11)2-3-9(8)12/h2-3,6H,4-5H2,1H3. The van der Waals surface area contributed by atoms with Crippen LogP contribution in [0.5, 0.6) is 0 Å². The van der Waals surface area contributed by atoms with Gasteiger partial charge in [-0.1, -0.05) is 11.6 Å². The number of benzene rings is 1. The molecule has 0 fully saturated rings. The normalized spacial score (nSPS) is 16.1. The SMILES string of the molecule is CS(=O)(=O)N1CCC(=O)c2cc(Cl)ccc21. The molecule has 6 heteroatoms. The van der Waals surface area contributed by atoms with E-state index in [9.17, 15) is 13.2 Å². The lowest BCUT2D eigenvalue weighted by Crippen LogP contribution is -2.36. The summed E-state index contributed by atoms with van der Waals surface area (Å²) in [5.41, 5.74) is 0.798. The maximum atomic E-state index is 11.6. The maximum Gasteiger partial charge on any atom is 0.232 e. The molecule has 1 aromatic carbocycles. The molecule has 0 spiro atoms. The molecular weight excluding hydrogens is 250 g/mol. The molecule has 0 aliphatic carbocycles. The van der Waals surface area contributed by atoms with E-state index in [1.165, 1.54) is 10.4 Å². The fourth-order valence-electron chi connectivity index (χ4n) is 1.75. The minimum absolute atomic E-state index is 0.0719. The fraction of sp³-hybridized carbons (Fsp3) is 0.300. The second kappa shape index (κ2) is 3.75. The Balaban J connectivity index is 2.62. The van der Waals surface area contributed by atoms with E-state index in [4.69, 9.17) is 11.6 Å². The van der Waals surface area contributed by atoms with Crippen molar-refractivity contribution < 1.29 is 13.2 Å². The topological polar surface area (TPSA) is 54.5 Å². The van der Waals surface area contributed by atoms with Gasteiger partial charge in [0, 0.05) is 23.6 Å². The van der Waals surface area contributed by atoms with Crippen LogP contribution in [0.4, 0.5) is 5.69 Å². The van der Waals surface area contributed by atoms with Crippen LogP contribution in [0.3, 0.4) is 0 Å². The quantitative estimate of drug-likeness (QED) is 0.771. The van der Waals surface area contributed by atoms with E-state index in [2.05, 4.69) is 0 Å². The van der Waals surface area contributed by atoms with Crippen LogP contribution in [0.15, 0.2) is 18.2 Å². The highest BCUT2D eigenvalue weighted by Crippen LogP contribution is 2.30. The van der Waals surface area contributed by atoms with Crippen molar-refractivity contribution in [1.29, 1.82) is 0 Å². The van der Waals surface area contributed by atoms with E-state index in [1.807, 2.05) is 0 Å². The highest BCUT2D eigenvalue weighted by molar-refractivity contribution is 7.92. The van der Waals surface area contributed by atoms with Gasteiger partial charge in [-0.15, -0.1) is 0 Å². The number of Topliss-reactive ketones (excluding diaryl/α,β-unsaturated/α-hetero) is 1. The number of rotatable bonds is 1. The van der Waals surface area contributed by atoms with Gasteiger partial charge in [-0.2, -0.15) is 0 Å². The number of carbonyl (C=O) groups is 1. The van der Waals surface area contributed by atoms with Crippen LogP contribution in [-0.4, -0.2) is 27.0 Å². The average Bonchev–Trinajstić information content (AvgIpc) is 2.17. The number of halogens is 1. The van der Waals surface area contributed by atoms with Crippen molar-refractivity contribution in [3.05, 3.63) is 28.8 Å². The monoisotopic (exact) mass is 259 g/mol. The third-order valence-corrected chi connectivity index (χ3v) is 3.89. The number of ketones is 1. The largest absolute Gasteiger partial charge is 0.294 e. The minimum Gasteiger partial charge on any atom is -0.294 e. The highest BCUT2D eigenvalue weighted by atomic mass is 35.5. The van der Waals surface area contributed by atoms with E-state index >= 15 is 0 Å². The Kier molecular flexibility index (Phi) is 2.67. The Morgan fingerprint density at radius 1 is 1.38 bits per heavy atom. The predicted octanol–water partition coefficient (Wildman–Crippen LogP) is 1.69. The Morgan fingerprint density at radius 2 is 2.06 bits per heavy atom. The van der Waals surface area contributed by atoms with E-state index < -0.39 is 10.0 Å². The van der Waals surface area contributed by atoms with Gasteiger partial charge in [0.15, 0.2) is 5.78 Å². The maximum absolute atomic E-state index is 11.6. The second-order valence-electron chi connectivity index (χ2n) is 3.67. The molecule has 0 atom stereocenters. The van der Waals surface area contributed by atoms with E-state index in [0.29, 0.717) is 16.3 Å². The lowest BCUT2D eigenvalue weighted by molar-refractivity contribution is 0.0982. The summed E-state index contributed by atoms with van der Waals surface area (Å²) in [7, 11) is -3.34. The summed E-state index contributed by atoms with van der Waals surface area (Å²) in [5.74, 6) is -0.0719. The van der Waals surface area contributed by atoms with Crippen molar-refractivity contribution >= 4 is 33.1 Å². The summed E-state index contributed by atoms with van der Waals surface area (Å²) in [6, 6.07) is 4.66. The molecule has 2 rings (SSSR count). The van der Waals surface area contributed by atoms with Crippen molar-refractivity contribution in [3.8, 4) is 0 Å².